The van der Waals surface area contributed by atoms with Crippen molar-refractivity contribution in [2.24, 2.45) is 0 Å². The zero-order valence-electron chi connectivity index (χ0n) is 18.2. The monoisotopic (exact) mass is 464 g/mol. The summed E-state index contributed by atoms with van der Waals surface area (Å²) < 4.78 is 12.1. The van der Waals surface area contributed by atoms with E-state index in [0.717, 1.165) is 45.8 Å². The highest BCUT2D eigenvalue weighted by molar-refractivity contribution is 8.18. The number of thioether (sulfide) groups is 1. The molecule has 1 atom stereocenters. The Hall–Kier alpha value is -1.68. The van der Waals surface area contributed by atoms with Gasteiger partial charge in [-0.25, -0.2) is 4.98 Å². The van der Waals surface area contributed by atoms with Crippen LogP contribution < -0.4 is 5.32 Å². The van der Waals surface area contributed by atoms with Crippen molar-refractivity contribution in [3.05, 3.63) is 44.6 Å². The molecule has 2 aromatic rings. The molecule has 0 spiro atoms. The minimum absolute atomic E-state index is 0.0640. The average molecular weight is 465 g/mol. The van der Waals surface area contributed by atoms with Crippen molar-refractivity contribution in [2.45, 2.75) is 64.8 Å². The highest BCUT2D eigenvalue weighted by atomic mass is 32.2. The summed E-state index contributed by atoms with van der Waals surface area (Å²) in [6, 6.07) is 4.04. The third-order valence-electron chi connectivity index (χ3n) is 5.61. The number of carbonyl (C=O) groups excluding carboxylic acids is 2. The fraction of sp³-hybridized carbons (Fsp3) is 0.476. The maximum Gasteiger partial charge on any atom is 0.290 e. The number of aryl methyl sites for hydroxylation is 2. The third-order valence-corrected chi connectivity index (χ3v) is 12.0. The lowest BCUT2D eigenvalue weighted by atomic mass is 10.1. The minimum atomic E-state index is -2.00. The molecule has 9 heteroatoms. The smallest absolute Gasteiger partial charge is 0.290 e. The third kappa shape index (κ3) is 5.32. The summed E-state index contributed by atoms with van der Waals surface area (Å²) in [5, 5.41) is 2.06. The molecule has 1 N–H and O–H groups in total. The molecule has 6 nitrogen and oxygen atoms in total. The van der Waals surface area contributed by atoms with Crippen LogP contribution in [0.4, 0.5) is 4.79 Å². The molecule has 2 aromatic heterocycles. The van der Waals surface area contributed by atoms with Crippen molar-refractivity contribution >= 4 is 48.6 Å². The van der Waals surface area contributed by atoms with Crippen LogP contribution in [0.1, 0.15) is 54.5 Å². The van der Waals surface area contributed by atoms with Gasteiger partial charge in [0.15, 0.2) is 14.7 Å². The summed E-state index contributed by atoms with van der Waals surface area (Å²) in [7, 11) is -2.00. The quantitative estimate of drug-likeness (QED) is 0.396. The molecule has 0 radical (unpaired) electrons. The second-order valence-electron chi connectivity index (χ2n) is 8.85. The van der Waals surface area contributed by atoms with Crippen molar-refractivity contribution in [1.82, 2.24) is 10.3 Å². The summed E-state index contributed by atoms with van der Waals surface area (Å²) >= 11 is 2.53. The van der Waals surface area contributed by atoms with Crippen molar-refractivity contribution in [3.8, 4) is 0 Å². The predicted molar refractivity (Wildman–Crippen MR) is 124 cm³/mol. The van der Waals surface area contributed by atoms with E-state index in [2.05, 4.69) is 50.2 Å². The lowest BCUT2D eigenvalue weighted by molar-refractivity contribution is -0.115. The summed E-state index contributed by atoms with van der Waals surface area (Å²) in [5.41, 5.74) is 0.954. The first-order valence-corrected chi connectivity index (χ1v) is 14.4. The molecule has 30 heavy (non-hydrogen) atoms. The van der Waals surface area contributed by atoms with Crippen molar-refractivity contribution in [1.29, 1.82) is 0 Å². The highest BCUT2D eigenvalue weighted by Gasteiger charge is 2.39. The largest absolute Gasteiger partial charge is 0.449 e. The van der Waals surface area contributed by atoms with Crippen LogP contribution in [-0.4, -0.2) is 24.4 Å². The predicted octanol–water partition coefficient (Wildman–Crippen LogP) is 6.06. The summed E-state index contributed by atoms with van der Waals surface area (Å²) in [6.45, 7) is 13.1. The van der Waals surface area contributed by atoms with Gasteiger partial charge in [-0.3, -0.25) is 14.9 Å². The molecule has 0 saturated carbocycles. The lowest BCUT2D eigenvalue weighted by Crippen LogP contribution is -2.41. The minimum Gasteiger partial charge on any atom is -0.449 e. The van der Waals surface area contributed by atoms with Gasteiger partial charge in [0.1, 0.15) is 5.76 Å². The Balaban J connectivity index is 1.83. The van der Waals surface area contributed by atoms with Crippen LogP contribution in [0.15, 0.2) is 27.8 Å². The van der Waals surface area contributed by atoms with E-state index in [1.807, 2.05) is 13.0 Å². The van der Waals surface area contributed by atoms with Crippen LogP contribution in [-0.2, 0) is 15.6 Å². The zero-order chi connectivity index (χ0) is 22.1. The Morgan fingerprint density at radius 2 is 2.03 bits per heavy atom. The Bertz CT molecular complexity index is 972. The molecule has 1 aliphatic rings. The number of rotatable bonds is 7. The molecular formula is C21H28N2O4S2Si. The lowest BCUT2D eigenvalue weighted by Gasteiger charge is -2.39. The van der Waals surface area contributed by atoms with Gasteiger partial charge >= 0.3 is 0 Å². The number of imide groups is 1. The summed E-state index contributed by atoms with van der Waals surface area (Å²) in [4.78, 5) is 30.0. The van der Waals surface area contributed by atoms with Gasteiger partial charge in [0.25, 0.3) is 11.1 Å². The molecule has 3 heterocycles. The van der Waals surface area contributed by atoms with Crippen LogP contribution in [0.3, 0.4) is 0 Å². The van der Waals surface area contributed by atoms with Crippen molar-refractivity contribution in [2.75, 3.05) is 0 Å². The number of oxazole rings is 1. The van der Waals surface area contributed by atoms with Crippen LogP contribution in [0.5, 0.6) is 0 Å². The summed E-state index contributed by atoms with van der Waals surface area (Å²) in [6.07, 6.45) is 4.75. The van der Waals surface area contributed by atoms with Crippen LogP contribution >= 0.6 is 23.1 Å². The molecule has 1 fully saturated rings. The van der Waals surface area contributed by atoms with E-state index in [0.29, 0.717) is 4.91 Å². The number of hydrogen-bond acceptors (Lipinski definition) is 7. The van der Waals surface area contributed by atoms with E-state index in [1.165, 1.54) is 6.39 Å². The normalized spacial score (nSPS) is 17.6. The maximum atomic E-state index is 11.8. The fourth-order valence-corrected chi connectivity index (χ4v) is 5.96. The van der Waals surface area contributed by atoms with Gasteiger partial charge in [-0.15, -0.1) is 11.3 Å². The van der Waals surface area contributed by atoms with Gasteiger partial charge in [0, 0.05) is 9.75 Å². The molecule has 0 aromatic carbocycles. The molecule has 1 saturated heterocycles. The Labute approximate surface area is 186 Å². The highest BCUT2D eigenvalue weighted by Crippen LogP contribution is 2.42. The second-order valence-corrected chi connectivity index (χ2v) is 15.8. The van der Waals surface area contributed by atoms with Gasteiger partial charge < -0.3 is 8.84 Å². The van der Waals surface area contributed by atoms with Crippen LogP contribution in [0.25, 0.3) is 6.08 Å². The Morgan fingerprint density at radius 1 is 1.30 bits per heavy atom. The molecule has 1 unspecified atom stereocenters. The van der Waals surface area contributed by atoms with Crippen LogP contribution in [0, 0.1) is 6.92 Å². The van der Waals surface area contributed by atoms with Gasteiger partial charge in [-0.2, -0.15) is 0 Å². The van der Waals surface area contributed by atoms with E-state index in [1.54, 1.807) is 17.4 Å². The molecule has 0 bridgehead atoms. The standard InChI is InChI=1S/C21H28N2O4S2Si/c1-13-15(22-12-26-13)8-9-16(27-30(5,6)21(2,3)4)17-10-7-14(28-17)11-18-19(24)23-20(25)29-18/h7,10-12,16H,8-9H2,1-6H3,(H,23,24,25). The second kappa shape index (κ2) is 8.82. The number of carbonyl (C=O) groups is 2. The van der Waals surface area contributed by atoms with Crippen LogP contribution in [0.2, 0.25) is 18.1 Å². The van der Waals surface area contributed by atoms with Gasteiger partial charge in [-0.05, 0) is 67.9 Å². The van der Waals surface area contributed by atoms with E-state index in [4.69, 9.17) is 8.84 Å². The maximum absolute atomic E-state index is 11.8. The molecule has 1 aliphatic heterocycles. The number of hydrogen-bond donors (Lipinski definition) is 1. The fourth-order valence-electron chi connectivity index (χ4n) is 2.80. The molecule has 3 rings (SSSR count). The molecule has 2 amide bonds. The van der Waals surface area contributed by atoms with Gasteiger partial charge in [0.2, 0.25) is 0 Å². The number of nitrogens with one attached hydrogen (secondary N) is 1. The van der Waals surface area contributed by atoms with Crippen molar-refractivity contribution in [3.63, 3.8) is 0 Å². The Kier molecular flexibility index (Phi) is 6.76. The van der Waals surface area contributed by atoms with E-state index in [-0.39, 0.29) is 22.3 Å². The SMILES string of the molecule is Cc1ocnc1CCC(O[Si](C)(C)C(C)(C)C)c1ccc(C=C2SC(=O)NC2=O)s1. The summed E-state index contributed by atoms with van der Waals surface area (Å²) in [5.74, 6) is 0.502. The van der Waals surface area contributed by atoms with Crippen molar-refractivity contribution < 1.29 is 18.4 Å². The molecular weight excluding hydrogens is 436 g/mol. The average Bonchev–Trinajstić information content (AvgIpc) is 3.33. The first-order chi connectivity index (χ1) is 14.0. The number of nitrogens with zero attached hydrogens (tertiary/aromatic N) is 1. The van der Waals surface area contributed by atoms with E-state index >= 15 is 0 Å². The first kappa shape index (κ1) is 23.0. The van der Waals surface area contributed by atoms with Gasteiger partial charge in [0.05, 0.1) is 16.7 Å². The van der Waals surface area contributed by atoms with E-state index in [9.17, 15) is 9.59 Å². The molecule has 0 aliphatic carbocycles. The topological polar surface area (TPSA) is 81.4 Å². The number of thiophene rings is 1. The van der Waals surface area contributed by atoms with Gasteiger partial charge in [-0.1, -0.05) is 20.8 Å². The zero-order valence-corrected chi connectivity index (χ0v) is 20.8. The number of amides is 2. The molecule has 162 valence electrons. The van der Waals surface area contributed by atoms with E-state index < -0.39 is 8.32 Å². The Morgan fingerprint density at radius 3 is 2.60 bits per heavy atom. The number of aromatic nitrogens is 1. The first-order valence-electron chi connectivity index (χ1n) is 9.87.